The summed E-state index contributed by atoms with van der Waals surface area (Å²) in [5.74, 6) is 0.820. The van der Waals surface area contributed by atoms with Crippen LogP contribution in [0.5, 0.6) is 0 Å². The van der Waals surface area contributed by atoms with Crippen molar-refractivity contribution in [2.24, 2.45) is 5.92 Å². The number of aryl methyl sites for hydroxylation is 1. The van der Waals surface area contributed by atoms with Gasteiger partial charge in [-0.15, -0.1) is 11.8 Å². The van der Waals surface area contributed by atoms with E-state index in [9.17, 15) is 19.5 Å². The van der Waals surface area contributed by atoms with Crippen LogP contribution in [-0.2, 0) is 17.1 Å². The van der Waals surface area contributed by atoms with E-state index in [-0.39, 0.29) is 30.4 Å². The molecule has 0 saturated carbocycles. The van der Waals surface area contributed by atoms with Crippen molar-refractivity contribution in [1.29, 1.82) is 0 Å². The molecule has 1 saturated heterocycles. The van der Waals surface area contributed by atoms with Crippen LogP contribution in [0.1, 0.15) is 63.7 Å². The van der Waals surface area contributed by atoms with Gasteiger partial charge in [-0.25, -0.2) is 4.98 Å². The number of thiazole rings is 1. The third kappa shape index (κ3) is 8.66. The van der Waals surface area contributed by atoms with E-state index in [2.05, 4.69) is 35.5 Å². The van der Waals surface area contributed by atoms with Gasteiger partial charge in [0, 0.05) is 62.6 Å². The molecule has 0 radical (unpaired) electrons. The Morgan fingerprint density at radius 2 is 1.70 bits per heavy atom. The molecule has 11 heteroatoms. The van der Waals surface area contributed by atoms with Crippen LogP contribution >= 0.6 is 23.1 Å². The van der Waals surface area contributed by atoms with E-state index >= 15 is 0 Å². The van der Waals surface area contributed by atoms with Crippen LogP contribution in [0.4, 0.5) is 5.13 Å². The summed E-state index contributed by atoms with van der Waals surface area (Å²) in [5, 5.41) is 16.3. The summed E-state index contributed by atoms with van der Waals surface area (Å²) < 4.78 is 0.965. The number of nitrogens with one attached hydrogen (secondary N) is 2. The van der Waals surface area contributed by atoms with Crippen LogP contribution in [0, 0.1) is 19.8 Å². The van der Waals surface area contributed by atoms with Gasteiger partial charge in [0.05, 0.1) is 17.0 Å². The number of piperazine rings is 1. The number of hydrogen-bond donors (Lipinski definition) is 3. The van der Waals surface area contributed by atoms with Crippen molar-refractivity contribution >= 4 is 46.0 Å². The minimum absolute atomic E-state index is 0.00708. The maximum atomic E-state index is 13.4. The van der Waals surface area contributed by atoms with E-state index < -0.39 is 0 Å². The molecule has 43 heavy (non-hydrogen) atoms. The van der Waals surface area contributed by atoms with Crippen molar-refractivity contribution in [3.05, 3.63) is 76.0 Å². The zero-order chi connectivity index (χ0) is 31.1. The Bertz CT molecular complexity index is 1430. The van der Waals surface area contributed by atoms with E-state index in [1.807, 2.05) is 36.9 Å². The Balaban J connectivity index is 1.32. The van der Waals surface area contributed by atoms with Crippen molar-refractivity contribution in [3.8, 4) is 0 Å². The average molecular weight is 624 g/mol. The summed E-state index contributed by atoms with van der Waals surface area (Å²) in [6, 6.07) is 11.5. The number of benzene rings is 2. The quantitative estimate of drug-likeness (QED) is 0.265. The molecule has 3 N–H and O–H groups in total. The Labute approximate surface area is 262 Å². The molecule has 9 nitrogen and oxygen atoms in total. The zero-order valence-electron chi connectivity index (χ0n) is 25.5. The fourth-order valence-electron chi connectivity index (χ4n) is 4.88. The molecule has 1 aliphatic heterocycles. The van der Waals surface area contributed by atoms with Crippen molar-refractivity contribution in [1.82, 2.24) is 20.1 Å². The number of aromatic nitrogens is 1. The number of carbonyl (C=O) groups is 3. The Hall–Kier alpha value is -3.25. The Morgan fingerprint density at radius 3 is 2.33 bits per heavy atom. The fourth-order valence-corrected chi connectivity index (χ4v) is 6.67. The van der Waals surface area contributed by atoms with E-state index in [1.165, 1.54) is 11.3 Å². The van der Waals surface area contributed by atoms with Crippen LogP contribution in [0.3, 0.4) is 0 Å². The van der Waals surface area contributed by atoms with Crippen molar-refractivity contribution < 1.29 is 19.5 Å². The molecular formula is C32H41N5O4S2. The van der Waals surface area contributed by atoms with Gasteiger partial charge in [0.2, 0.25) is 5.91 Å². The lowest BCUT2D eigenvalue weighted by molar-refractivity contribution is -0.130. The predicted octanol–water partition coefficient (Wildman–Crippen LogP) is 4.72. The molecule has 0 bridgehead atoms. The molecule has 230 valence electrons. The number of amides is 3. The first-order valence-electron chi connectivity index (χ1n) is 14.5. The summed E-state index contributed by atoms with van der Waals surface area (Å²) in [7, 11) is 0. The highest BCUT2D eigenvalue weighted by Crippen LogP contribution is 2.32. The molecule has 1 aromatic heterocycles. The summed E-state index contributed by atoms with van der Waals surface area (Å²) >= 11 is 3.03. The number of nitrogens with zero attached hydrogens (tertiary/aromatic N) is 3. The summed E-state index contributed by atoms with van der Waals surface area (Å²) in [5.41, 5.74) is 5.38. The van der Waals surface area contributed by atoms with Crippen LogP contribution < -0.4 is 10.6 Å². The number of hydrogen-bond acceptors (Lipinski definition) is 8. The number of aliphatic hydroxyl groups excluding tert-OH is 1. The van der Waals surface area contributed by atoms with Crippen LogP contribution in [0.25, 0.3) is 0 Å². The fraction of sp³-hybridized carbons (Fsp3) is 0.438. The molecule has 4 rings (SSSR count). The SMILES string of the molecule is CC(=O)N1CCN(C(=O)c2cc(CSc3cnc(NC(=O)c4ccc(CN[C@H](CO)C(C)C)cc4)s3)cc(C)c2C)CC1. The normalized spacial score (nSPS) is 14.2. The molecule has 0 aliphatic carbocycles. The molecule has 3 amide bonds. The smallest absolute Gasteiger partial charge is 0.257 e. The first kappa shape index (κ1) is 32.7. The maximum Gasteiger partial charge on any atom is 0.257 e. The topological polar surface area (TPSA) is 115 Å². The van der Waals surface area contributed by atoms with Gasteiger partial charge >= 0.3 is 0 Å². The second-order valence-corrected chi connectivity index (χ2v) is 13.5. The van der Waals surface area contributed by atoms with Crippen molar-refractivity contribution in [3.63, 3.8) is 0 Å². The Kier molecular flexibility index (Phi) is 11.4. The number of rotatable bonds is 11. The van der Waals surface area contributed by atoms with E-state index in [0.717, 1.165) is 26.5 Å². The first-order valence-corrected chi connectivity index (χ1v) is 16.3. The summed E-state index contributed by atoms with van der Waals surface area (Å²) in [6.45, 7) is 12.6. The van der Waals surface area contributed by atoms with Crippen molar-refractivity contribution in [2.45, 2.75) is 57.2 Å². The van der Waals surface area contributed by atoms with Gasteiger partial charge in [-0.3, -0.25) is 19.7 Å². The number of carbonyl (C=O) groups excluding carboxylic acids is 3. The Morgan fingerprint density at radius 1 is 1.02 bits per heavy atom. The van der Waals surface area contributed by atoms with Crippen LogP contribution in [-0.4, -0.2) is 76.4 Å². The standard InChI is InChI=1S/C32H41N5O4S2/c1-20(2)28(18-38)33-16-24-6-8-26(9-7-24)30(40)35-32-34-17-29(43-32)42-19-25-14-21(3)22(4)27(15-25)31(41)37-12-10-36(11-13-37)23(5)39/h6-9,14-15,17,20,28,33,38H,10-13,16,18-19H2,1-5H3,(H,34,35,40)/t28-/m1/s1. The first-order chi connectivity index (χ1) is 20.5. The third-order valence-electron chi connectivity index (χ3n) is 7.84. The molecule has 0 unspecified atom stereocenters. The van der Waals surface area contributed by atoms with E-state index in [0.29, 0.717) is 60.7 Å². The van der Waals surface area contributed by atoms with E-state index in [4.69, 9.17) is 0 Å². The van der Waals surface area contributed by atoms with Crippen LogP contribution in [0.2, 0.25) is 0 Å². The van der Waals surface area contributed by atoms with Gasteiger partial charge in [-0.2, -0.15) is 0 Å². The number of anilines is 1. The highest BCUT2D eigenvalue weighted by molar-refractivity contribution is 8.00. The van der Waals surface area contributed by atoms with Gasteiger partial charge in [0.25, 0.3) is 11.8 Å². The lowest BCUT2D eigenvalue weighted by Crippen LogP contribution is -2.50. The lowest BCUT2D eigenvalue weighted by atomic mass is 9.99. The number of thioether (sulfide) groups is 1. The molecule has 1 fully saturated rings. The lowest BCUT2D eigenvalue weighted by Gasteiger charge is -2.34. The summed E-state index contributed by atoms with van der Waals surface area (Å²) in [6.07, 6.45) is 1.76. The second-order valence-electron chi connectivity index (χ2n) is 11.2. The van der Waals surface area contributed by atoms with Crippen LogP contribution in [0.15, 0.2) is 46.8 Å². The average Bonchev–Trinajstić information content (AvgIpc) is 3.44. The molecular weight excluding hydrogens is 583 g/mol. The minimum atomic E-state index is -0.220. The van der Waals surface area contributed by atoms with E-state index in [1.54, 1.807) is 41.9 Å². The molecule has 3 aromatic rings. The number of aliphatic hydroxyl groups is 1. The van der Waals surface area contributed by atoms with Gasteiger partial charge in [0.15, 0.2) is 5.13 Å². The molecule has 1 aliphatic rings. The predicted molar refractivity (Wildman–Crippen MR) is 173 cm³/mol. The van der Waals surface area contributed by atoms with Crippen molar-refractivity contribution in [2.75, 3.05) is 38.1 Å². The molecule has 0 spiro atoms. The molecule has 2 heterocycles. The molecule has 2 aromatic carbocycles. The van der Waals surface area contributed by atoms with Gasteiger partial charge in [0.1, 0.15) is 0 Å². The third-order valence-corrected chi connectivity index (χ3v) is 10.0. The van der Waals surface area contributed by atoms with Gasteiger partial charge < -0.3 is 20.2 Å². The van der Waals surface area contributed by atoms with Gasteiger partial charge in [-0.05, 0) is 60.2 Å². The molecule has 1 atom stereocenters. The highest BCUT2D eigenvalue weighted by atomic mass is 32.2. The largest absolute Gasteiger partial charge is 0.395 e. The second kappa shape index (κ2) is 15.0. The maximum absolute atomic E-state index is 13.4. The monoisotopic (exact) mass is 623 g/mol. The summed E-state index contributed by atoms with van der Waals surface area (Å²) in [4.78, 5) is 45.8. The minimum Gasteiger partial charge on any atom is -0.395 e. The highest BCUT2D eigenvalue weighted by Gasteiger charge is 2.25. The van der Waals surface area contributed by atoms with Gasteiger partial charge in [-0.1, -0.05) is 43.4 Å². The zero-order valence-corrected chi connectivity index (χ0v) is 27.1.